The minimum Gasteiger partial charge on any atom is -0.497 e. The summed E-state index contributed by atoms with van der Waals surface area (Å²) in [6, 6.07) is 14.6. The van der Waals surface area contributed by atoms with E-state index >= 15 is 0 Å². The fourth-order valence-electron chi connectivity index (χ4n) is 3.27. The Kier molecular flexibility index (Phi) is 6.24. The minimum absolute atomic E-state index is 0.0124. The molecule has 3 rings (SSSR count). The van der Waals surface area contributed by atoms with E-state index in [0.717, 1.165) is 30.8 Å². The number of ether oxygens (including phenoxy) is 2. The zero-order valence-corrected chi connectivity index (χ0v) is 15.8. The first-order chi connectivity index (χ1) is 13.1. The Hall–Kier alpha value is -2.66. The molecule has 0 bridgehead atoms. The number of carbonyl (C=O) groups is 2. The monoisotopic (exact) mass is 367 g/mol. The van der Waals surface area contributed by atoms with Crippen molar-refractivity contribution in [1.29, 1.82) is 0 Å². The second-order valence-corrected chi connectivity index (χ2v) is 6.81. The quantitative estimate of drug-likeness (QED) is 0.700. The molecule has 0 N–H and O–H groups in total. The van der Waals surface area contributed by atoms with E-state index in [1.807, 2.05) is 29.2 Å². The van der Waals surface area contributed by atoms with Gasteiger partial charge in [-0.05, 0) is 49.6 Å². The summed E-state index contributed by atoms with van der Waals surface area (Å²) in [4.78, 5) is 26.4. The second kappa shape index (κ2) is 8.82. The molecule has 1 amide bonds. The van der Waals surface area contributed by atoms with Crippen LogP contribution in [0.25, 0.3) is 0 Å². The van der Waals surface area contributed by atoms with Gasteiger partial charge in [0.2, 0.25) is 0 Å². The Morgan fingerprint density at radius 3 is 2.52 bits per heavy atom. The van der Waals surface area contributed by atoms with Gasteiger partial charge >= 0.3 is 0 Å². The van der Waals surface area contributed by atoms with Gasteiger partial charge in [0, 0.05) is 30.8 Å². The Bertz CT molecular complexity index is 794. The molecule has 5 heteroatoms. The molecule has 2 aromatic rings. The molecule has 27 heavy (non-hydrogen) atoms. The van der Waals surface area contributed by atoms with E-state index in [9.17, 15) is 9.59 Å². The van der Waals surface area contributed by atoms with Crippen molar-refractivity contribution in [3.63, 3.8) is 0 Å². The molecule has 0 aromatic heterocycles. The molecular weight excluding hydrogens is 342 g/mol. The molecule has 5 nitrogen and oxygen atoms in total. The lowest BCUT2D eigenvalue weighted by molar-refractivity contribution is 0.0507. The van der Waals surface area contributed by atoms with Crippen LogP contribution in [-0.2, 0) is 11.3 Å². The molecule has 1 aliphatic heterocycles. The van der Waals surface area contributed by atoms with Crippen LogP contribution in [0.15, 0.2) is 48.5 Å². The largest absolute Gasteiger partial charge is 0.497 e. The summed E-state index contributed by atoms with van der Waals surface area (Å²) in [5.41, 5.74) is 2.17. The van der Waals surface area contributed by atoms with Crippen molar-refractivity contribution in [3.8, 4) is 5.75 Å². The molecule has 142 valence electrons. The van der Waals surface area contributed by atoms with E-state index in [-0.39, 0.29) is 17.8 Å². The lowest BCUT2D eigenvalue weighted by atomic mass is 10.1. The molecule has 0 radical (unpaired) electrons. The molecule has 1 aliphatic rings. The highest BCUT2D eigenvalue weighted by molar-refractivity contribution is 5.97. The first kappa shape index (κ1) is 19.1. The van der Waals surface area contributed by atoms with Gasteiger partial charge in [0.25, 0.3) is 5.91 Å². The van der Waals surface area contributed by atoms with Crippen molar-refractivity contribution in [3.05, 3.63) is 65.2 Å². The second-order valence-electron chi connectivity index (χ2n) is 6.81. The number of rotatable bonds is 7. The molecule has 1 unspecified atom stereocenters. The van der Waals surface area contributed by atoms with Gasteiger partial charge in [-0.3, -0.25) is 9.59 Å². The number of hydrogen-bond acceptors (Lipinski definition) is 4. The normalized spacial score (nSPS) is 16.1. The van der Waals surface area contributed by atoms with E-state index in [4.69, 9.17) is 9.47 Å². The fourth-order valence-corrected chi connectivity index (χ4v) is 3.27. The lowest BCUT2D eigenvalue weighted by Crippen LogP contribution is -2.37. The van der Waals surface area contributed by atoms with Crippen molar-refractivity contribution in [1.82, 2.24) is 4.90 Å². The zero-order chi connectivity index (χ0) is 19.2. The van der Waals surface area contributed by atoms with E-state index in [1.165, 1.54) is 6.92 Å². The predicted molar refractivity (Wildman–Crippen MR) is 103 cm³/mol. The number of methoxy groups -OCH3 is 1. The fraction of sp³-hybridized carbons (Fsp3) is 0.364. The van der Waals surface area contributed by atoms with Crippen LogP contribution in [0.2, 0.25) is 0 Å². The predicted octanol–water partition coefficient (Wildman–Crippen LogP) is 3.72. The van der Waals surface area contributed by atoms with Crippen molar-refractivity contribution in [2.45, 2.75) is 32.4 Å². The maximum Gasteiger partial charge on any atom is 0.254 e. The summed E-state index contributed by atoms with van der Waals surface area (Å²) in [7, 11) is 1.63. The number of amides is 1. The summed E-state index contributed by atoms with van der Waals surface area (Å²) in [5, 5.41) is 0. The molecule has 0 saturated carbocycles. The molecule has 1 atom stereocenters. The smallest absolute Gasteiger partial charge is 0.254 e. The summed E-state index contributed by atoms with van der Waals surface area (Å²) in [5.74, 6) is 0.688. The number of ketones is 1. The standard InChI is InChI=1S/C22H25NO4/c1-16(24)18-8-10-19(11-9-18)22(25)23(15-21-7-4-12-27-21)14-17-5-3-6-20(13-17)26-2/h3,5-6,8-11,13,21H,4,7,12,14-15H2,1-2H3. The molecule has 0 aliphatic carbocycles. The minimum atomic E-state index is -0.0663. The number of nitrogens with zero attached hydrogens (tertiary/aromatic N) is 1. The first-order valence-corrected chi connectivity index (χ1v) is 9.21. The third-order valence-electron chi connectivity index (χ3n) is 4.78. The molecule has 1 saturated heterocycles. The van der Waals surface area contributed by atoms with Crippen LogP contribution in [0.1, 0.15) is 46.0 Å². The third-order valence-corrected chi connectivity index (χ3v) is 4.78. The van der Waals surface area contributed by atoms with Crippen LogP contribution in [-0.4, -0.2) is 43.0 Å². The van der Waals surface area contributed by atoms with Crippen LogP contribution in [0.5, 0.6) is 5.75 Å². The number of benzene rings is 2. The molecule has 2 aromatic carbocycles. The van der Waals surface area contributed by atoms with Crippen molar-refractivity contribution >= 4 is 11.7 Å². The van der Waals surface area contributed by atoms with Crippen LogP contribution in [0.4, 0.5) is 0 Å². The molecular formula is C22H25NO4. The molecule has 1 fully saturated rings. The highest BCUT2D eigenvalue weighted by Gasteiger charge is 2.24. The van der Waals surface area contributed by atoms with E-state index in [1.54, 1.807) is 31.4 Å². The van der Waals surface area contributed by atoms with Gasteiger partial charge in [0.05, 0.1) is 13.2 Å². The number of carbonyl (C=O) groups excluding carboxylic acids is 2. The van der Waals surface area contributed by atoms with E-state index < -0.39 is 0 Å². The average Bonchev–Trinajstić information content (AvgIpc) is 3.20. The molecule has 0 spiro atoms. The van der Waals surface area contributed by atoms with E-state index in [2.05, 4.69) is 0 Å². The third kappa shape index (κ3) is 4.95. The SMILES string of the molecule is COc1cccc(CN(CC2CCCO2)C(=O)c2ccc(C(C)=O)cc2)c1. The van der Waals surface area contributed by atoms with Gasteiger partial charge < -0.3 is 14.4 Å². The lowest BCUT2D eigenvalue weighted by Gasteiger charge is -2.26. The highest BCUT2D eigenvalue weighted by Crippen LogP contribution is 2.20. The molecule has 1 heterocycles. The number of Topliss-reactive ketones (excluding diaryl/α,β-unsaturated/α-hetero) is 1. The highest BCUT2D eigenvalue weighted by atomic mass is 16.5. The summed E-state index contributed by atoms with van der Waals surface area (Å²) >= 11 is 0. The Morgan fingerprint density at radius 1 is 1.15 bits per heavy atom. The van der Waals surface area contributed by atoms with Gasteiger partial charge in [0.15, 0.2) is 5.78 Å². The van der Waals surface area contributed by atoms with Crippen LogP contribution in [0.3, 0.4) is 0 Å². The summed E-state index contributed by atoms with van der Waals surface area (Å²) in [6.45, 7) is 3.29. The maximum absolute atomic E-state index is 13.1. The first-order valence-electron chi connectivity index (χ1n) is 9.21. The topological polar surface area (TPSA) is 55.8 Å². The average molecular weight is 367 g/mol. The Balaban J connectivity index is 1.81. The van der Waals surface area contributed by atoms with Crippen LogP contribution >= 0.6 is 0 Å². The Labute approximate surface area is 159 Å². The Morgan fingerprint density at radius 2 is 1.89 bits per heavy atom. The van der Waals surface area contributed by atoms with Gasteiger partial charge in [0.1, 0.15) is 5.75 Å². The summed E-state index contributed by atoms with van der Waals surface area (Å²) < 4.78 is 11.0. The van der Waals surface area contributed by atoms with Crippen LogP contribution < -0.4 is 4.74 Å². The van der Waals surface area contributed by atoms with Gasteiger partial charge in [-0.1, -0.05) is 24.3 Å². The number of hydrogen-bond donors (Lipinski definition) is 0. The zero-order valence-electron chi connectivity index (χ0n) is 15.8. The van der Waals surface area contributed by atoms with Crippen LogP contribution in [0, 0.1) is 0 Å². The van der Waals surface area contributed by atoms with Crippen molar-refractivity contribution in [2.24, 2.45) is 0 Å². The summed E-state index contributed by atoms with van der Waals surface area (Å²) in [6.07, 6.45) is 2.06. The van der Waals surface area contributed by atoms with Gasteiger partial charge in [-0.15, -0.1) is 0 Å². The van der Waals surface area contributed by atoms with Gasteiger partial charge in [-0.25, -0.2) is 0 Å². The maximum atomic E-state index is 13.1. The van der Waals surface area contributed by atoms with E-state index in [0.29, 0.717) is 24.2 Å². The van der Waals surface area contributed by atoms with Crippen molar-refractivity contribution in [2.75, 3.05) is 20.3 Å². The van der Waals surface area contributed by atoms with Gasteiger partial charge in [-0.2, -0.15) is 0 Å². The van der Waals surface area contributed by atoms with Crippen molar-refractivity contribution < 1.29 is 19.1 Å².